The van der Waals surface area contributed by atoms with Gasteiger partial charge in [-0.15, -0.1) is 0 Å². The molecule has 1 aliphatic rings. The fourth-order valence-electron chi connectivity index (χ4n) is 4.52. The van der Waals surface area contributed by atoms with E-state index < -0.39 is 17.7 Å². The lowest BCUT2D eigenvalue weighted by Crippen LogP contribution is -2.46. The number of alkyl halides is 4. The number of hydrogen-bond acceptors (Lipinski definition) is 8. The molecule has 226 valence electrons. The first-order valence-electron chi connectivity index (χ1n) is 13.2. The zero-order valence-corrected chi connectivity index (χ0v) is 24.2. The Morgan fingerprint density at radius 2 is 2.05 bits per heavy atom. The zero-order valence-electron chi connectivity index (χ0n) is 23.3. The van der Waals surface area contributed by atoms with Gasteiger partial charge in [0.2, 0.25) is 0 Å². The van der Waals surface area contributed by atoms with Gasteiger partial charge in [-0.05, 0) is 43.7 Å². The highest BCUT2D eigenvalue weighted by molar-refractivity contribution is 8.00. The summed E-state index contributed by atoms with van der Waals surface area (Å²) in [4.78, 5) is 18.7. The highest BCUT2D eigenvalue weighted by Crippen LogP contribution is 2.39. The topological polar surface area (TPSA) is 92.2 Å². The summed E-state index contributed by atoms with van der Waals surface area (Å²) in [5.41, 5.74) is -3.34. The Labute approximate surface area is 245 Å². The standard InChI is InChI=1S/C28H32F4N6O3S/c1-33-26(39)18-7-4-10-23(41-16-15-40-3)24(18)34-12-5-8-22-27(42-28(30,31)32)38-13-6-9-21(25(38)36-22)35-20-11-14-37(2)17-19(20)29/h4,6-7,9-10,13,19-20,34-35H,11-12,14-17H2,1-3H3,(H,33,39)/t19-,20+/m0/s1. The minimum absolute atomic E-state index is 0.0249. The summed E-state index contributed by atoms with van der Waals surface area (Å²) >= 11 is -0.319. The molecule has 42 heavy (non-hydrogen) atoms. The number of nitrogens with zero attached hydrogens (tertiary/aromatic N) is 3. The van der Waals surface area contributed by atoms with Gasteiger partial charge in [0, 0.05) is 45.2 Å². The Kier molecular flexibility index (Phi) is 10.4. The SMILES string of the molecule is CNC(=O)c1cccc(OCCOC)c1NCC#Cc1nc2c(N[C@@H]3CCN(C)C[C@@H]3F)cccn2c1SC(F)(F)F. The summed E-state index contributed by atoms with van der Waals surface area (Å²) in [6.07, 6.45) is 0.862. The predicted octanol–water partition coefficient (Wildman–Crippen LogP) is 4.25. The average molecular weight is 609 g/mol. The van der Waals surface area contributed by atoms with Gasteiger partial charge < -0.3 is 30.3 Å². The van der Waals surface area contributed by atoms with Gasteiger partial charge in [-0.2, -0.15) is 13.2 Å². The van der Waals surface area contributed by atoms with E-state index in [9.17, 15) is 22.4 Å². The molecule has 2 aromatic heterocycles. The van der Waals surface area contributed by atoms with Gasteiger partial charge in [-0.1, -0.05) is 12.0 Å². The lowest BCUT2D eigenvalue weighted by molar-refractivity contribution is -0.0330. The molecule has 9 nitrogen and oxygen atoms in total. The van der Waals surface area contributed by atoms with Crippen LogP contribution in [0.2, 0.25) is 0 Å². The van der Waals surface area contributed by atoms with E-state index in [4.69, 9.17) is 9.47 Å². The minimum atomic E-state index is -4.59. The Bertz CT molecular complexity index is 1460. The Morgan fingerprint density at radius 1 is 1.24 bits per heavy atom. The Hall–Kier alpha value is -3.67. The molecule has 3 aromatic rings. The maximum absolute atomic E-state index is 14.7. The third kappa shape index (κ3) is 7.78. The van der Waals surface area contributed by atoms with Crippen molar-refractivity contribution in [1.29, 1.82) is 0 Å². The maximum atomic E-state index is 14.7. The number of pyridine rings is 1. The molecular formula is C28H32F4N6O3S. The number of piperidine rings is 1. The molecule has 1 aromatic carbocycles. The molecule has 0 radical (unpaired) electrons. The van der Waals surface area contributed by atoms with Gasteiger partial charge in [-0.3, -0.25) is 9.20 Å². The highest BCUT2D eigenvalue weighted by atomic mass is 32.2. The second-order valence-electron chi connectivity index (χ2n) is 9.50. The zero-order chi connectivity index (χ0) is 30.3. The van der Waals surface area contributed by atoms with Crippen molar-refractivity contribution in [3.05, 3.63) is 47.8 Å². The number of aromatic nitrogens is 2. The summed E-state index contributed by atoms with van der Waals surface area (Å²) in [6.45, 7) is 1.50. The van der Waals surface area contributed by atoms with Crippen molar-refractivity contribution in [2.24, 2.45) is 0 Å². The summed E-state index contributed by atoms with van der Waals surface area (Å²) in [7, 11) is 4.87. The van der Waals surface area contributed by atoms with E-state index in [1.165, 1.54) is 24.8 Å². The number of nitrogens with one attached hydrogen (secondary N) is 3. The van der Waals surface area contributed by atoms with E-state index in [0.29, 0.717) is 42.3 Å². The van der Waals surface area contributed by atoms with Crippen LogP contribution in [0.25, 0.3) is 5.65 Å². The third-order valence-corrected chi connectivity index (χ3v) is 7.32. The van der Waals surface area contributed by atoms with Crippen LogP contribution in [0.1, 0.15) is 22.5 Å². The number of methoxy groups -OCH3 is 1. The fraction of sp³-hybridized carbons (Fsp3) is 0.429. The van der Waals surface area contributed by atoms with Crippen molar-refractivity contribution >= 4 is 34.7 Å². The van der Waals surface area contributed by atoms with Crippen LogP contribution in [0.5, 0.6) is 5.75 Å². The highest BCUT2D eigenvalue weighted by Gasteiger charge is 2.34. The molecule has 0 unspecified atom stereocenters. The van der Waals surface area contributed by atoms with Crippen molar-refractivity contribution < 1.29 is 31.8 Å². The number of thioether (sulfide) groups is 1. The quantitative estimate of drug-likeness (QED) is 0.136. The lowest BCUT2D eigenvalue weighted by atomic mass is 10.0. The molecule has 3 N–H and O–H groups in total. The number of anilines is 2. The molecule has 0 bridgehead atoms. The molecule has 0 spiro atoms. The summed E-state index contributed by atoms with van der Waals surface area (Å²) in [5, 5.41) is 8.55. The summed E-state index contributed by atoms with van der Waals surface area (Å²) in [5.74, 6) is 5.59. The van der Waals surface area contributed by atoms with Gasteiger partial charge in [0.1, 0.15) is 29.2 Å². The minimum Gasteiger partial charge on any atom is -0.489 e. The van der Waals surface area contributed by atoms with Crippen molar-refractivity contribution in [2.45, 2.75) is 29.2 Å². The largest absolute Gasteiger partial charge is 0.489 e. The van der Waals surface area contributed by atoms with Crippen LogP contribution in [-0.2, 0) is 4.74 Å². The number of carbonyl (C=O) groups is 1. The molecular weight excluding hydrogens is 576 g/mol. The van der Waals surface area contributed by atoms with E-state index in [1.54, 1.807) is 30.3 Å². The molecule has 1 amide bonds. The number of fused-ring (bicyclic) bond motifs is 1. The number of hydrogen-bond donors (Lipinski definition) is 3. The van der Waals surface area contributed by atoms with Gasteiger partial charge >= 0.3 is 5.51 Å². The summed E-state index contributed by atoms with van der Waals surface area (Å²) < 4.78 is 67.4. The molecule has 2 atom stereocenters. The second-order valence-corrected chi connectivity index (χ2v) is 10.6. The fourth-order valence-corrected chi connectivity index (χ4v) is 5.18. The van der Waals surface area contributed by atoms with Crippen LogP contribution >= 0.6 is 11.8 Å². The summed E-state index contributed by atoms with van der Waals surface area (Å²) in [6, 6.07) is 7.71. The first-order valence-corrected chi connectivity index (χ1v) is 14.0. The lowest BCUT2D eigenvalue weighted by Gasteiger charge is -2.33. The van der Waals surface area contributed by atoms with Crippen LogP contribution in [-0.4, -0.2) is 92.0 Å². The second kappa shape index (κ2) is 14.0. The average Bonchev–Trinajstić information content (AvgIpc) is 3.29. The number of likely N-dealkylation sites (tertiary alicyclic amines) is 1. The monoisotopic (exact) mass is 608 g/mol. The Morgan fingerprint density at radius 3 is 2.76 bits per heavy atom. The van der Waals surface area contributed by atoms with E-state index in [-0.39, 0.29) is 53.7 Å². The molecule has 0 aliphatic carbocycles. The number of halogens is 4. The number of ether oxygens (including phenoxy) is 2. The predicted molar refractivity (Wildman–Crippen MR) is 154 cm³/mol. The molecule has 4 rings (SSSR count). The maximum Gasteiger partial charge on any atom is 0.447 e. The molecule has 1 saturated heterocycles. The van der Waals surface area contributed by atoms with E-state index >= 15 is 0 Å². The van der Waals surface area contributed by atoms with E-state index in [2.05, 4.69) is 32.8 Å². The molecule has 1 fully saturated rings. The molecule has 0 saturated carbocycles. The first-order chi connectivity index (χ1) is 20.1. The van der Waals surface area contributed by atoms with Gasteiger partial charge in [0.25, 0.3) is 5.91 Å². The number of carbonyl (C=O) groups excluding carboxylic acids is 1. The molecule has 3 heterocycles. The number of para-hydroxylation sites is 1. The van der Waals surface area contributed by atoms with Crippen LogP contribution in [0.3, 0.4) is 0 Å². The number of amides is 1. The van der Waals surface area contributed by atoms with Crippen molar-refractivity contribution in [3.8, 4) is 17.6 Å². The molecule has 1 aliphatic heterocycles. The van der Waals surface area contributed by atoms with E-state index in [0.717, 1.165) is 0 Å². The van der Waals surface area contributed by atoms with Crippen molar-refractivity contribution in [2.75, 3.05) is 64.7 Å². The van der Waals surface area contributed by atoms with Crippen LogP contribution in [0.15, 0.2) is 41.6 Å². The van der Waals surface area contributed by atoms with Gasteiger partial charge in [0.05, 0.1) is 36.1 Å². The van der Waals surface area contributed by atoms with Crippen molar-refractivity contribution in [1.82, 2.24) is 19.6 Å². The molecule has 14 heteroatoms. The smallest absolute Gasteiger partial charge is 0.447 e. The van der Waals surface area contributed by atoms with Crippen LogP contribution in [0, 0.1) is 11.8 Å². The van der Waals surface area contributed by atoms with Gasteiger partial charge in [0.15, 0.2) is 5.65 Å². The number of imidazole rings is 1. The van der Waals surface area contributed by atoms with Crippen LogP contribution in [0.4, 0.5) is 28.9 Å². The third-order valence-electron chi connectivity index (χ3n) is 6.51. The normalized spacial score (nSPS) is 17.4. The van der Waals surface area contributed by atoms with Crippen LogP contribution < -0.4 is 20.7 Å². The van der Waals surface area contributed by atoms with Gasteiger partial charge in [-0.25, -0.2) is 9.37 Å². The Balaban J connectivity index is 1.62. The first kappa shape index (κ1) is 31.3. The van der Waals surface area contributed by atoms with Crippen molar-refractivity contribution in [3.63, 3.8) is 0 Å². The number of benzene rings is 1. The number of rotatable bonds is 10. The van der Waals surface area contributed by atoms with E-state index in [1.807, 2.05) is 11.9 Å².